The predicted octanol–water partition coefficient (Wildman–Crippen LogP) is 3.42. The summed E-state index contributed by atoms with van der Waals surface area (Å²) in [5.41, 5.74) is 1.23. The molecule has 0 unspecified atom stereocenters. The smallest absolute Gasteiger partial charge is 0.407 e. The zero-order valence-corrected chi connectivity index (χ0v) is 15.8. The molecule has 3 rings (SSSR count). The fourth-order valence-corrected chi connectivity index (χ4v) is 3.76. The molecular formula is C22H26N2O4. The molecular weight excluding hydrogens is 356 g/mol. The maximum atomic E-state index is 12.4. The van der Waals surface area contributed by atoms with Crippen LogP contribution >= 0.6 is 0 Å². The van der Waals surface area contributed by atoms with Crippen LogP contribution in [-0.2, 0) is 22.7 Å². The van der Waals surface area contributed by atoms with Gasteiger partial charge in [-0.25, -0.2) is 4.79 Å². The highest BCUT2D eigenvalue weighted by atomic mass is 16.5. The van der Waals surface area contributed by atoms with E-state index in [-0.39, 0.29) is 13.0 Å². The first-order chi connectivity index (χ1) is 13.5. The number of carboxylic acids is 1. The number of carboxylic acid groups (broad SMARTS) is 1. The van der Waals surface area contributed by atoms with Crippen molar-refractivity contribution in [3.05, 3.63) is 71.8 Å². The summed E-state index contributed by atoms with van der Waals surface area (Å²) in [6, 6.07) is 19.5. The lowest BCUT2D eigenvalue weighted by molar-refractivity contribution is -0.139. The Hall–Kier alpha value is -2.86. The van der Waals surface area contributed by atoms with Crippen molar-refractivity contribution in [2.45, 2.75) is 38.0 Å². The maximum Gasteiger partial charge on any atom is 0.407 e. The second-order valence-electron chi connectivity index (χ2n) is 7.34. The Morgan fingerprint density at radius 1 is 1.04 bits per heavy atom. The summed E-state index contributed by atoms with van der Waals surface area (Å²) in [6.45, 7) is 2.23. The summed E-state index contributed by atoms with van der Waals surface area (Å²) in [5.74, 6) is -0.926. The number of amides is 1. The first kappa shape index (κ1) is 19.9. The molecule has 28 heavy (non-hydrogen) atoms. The van der Waals surface area contributed by atoms with E-state index in [1.807, 2.05) is 48.5 Å². The number of ether oxygens (including phenoxy) is 1. The zero-order chi connectivity index (χ0) is 19.8. The van der Waals surface area contributed by atoms with Gasteiger partial charge in [0.15, 0.2) is 0 Å². The molecule has 1 aliphatic heterocycles. The van der Waals surface area contributed by atoms with E-state index in [9.17, 15) is 14.7 Å². The molecule has 6 nitrogen and oxygen atoms in total. The van der Waals surface area contributed by atoms with Crippen molar-refractivity contribution in [3.8, 4) is 0 Å². The third-order valence-electron chi connectivity index (χ3n) is 4.97. The van der Waals surface area contributed by atoms with E-state index < -0.39 is 17.6 Å². The van der Waals surface area contributed by atoms with Crippen LogP contribution in [0.15, 0.2) is 60.7 Å². The van der Waals surface area contributed by atoms with Gasteiger partial charge in [0.25, 0.3) is 0 Å². The molecule has 1 fully saturated rings. The van der Waals surface area contributed by atoms with E-state index in [4.69, 9.17) is 4.74 Å². The van der Waals surface area contributed by atoms with Gasteiger partial charge in [-0.3, -0.25) is 9.69 Å². The Morgan fingerprint density at radius 2 is 1.68 bits per heavy atom. The van der Waals surface area contributed by atoms with E-state index in [1.54, 1.807) is 0 Å². The number of hydrogen-bond donors (Lipinski definition) is 2. The third kappa shape index (κ3) is 5.82. The standard InChI is InChI=1S/C22H26N2O4/c25-20(26)14-22(23-21(27)28-16-19-10-5-2-6-11-19)12-7-13-24(17-22)15-18-8-3-1-4-9-18/h1-6,8-11H,7,12-17H2,(H,23,27)(H,25,26)/t22-/m0/s1. The minimum absolute atomic E-state index is 0.126. The van der Waals surface area contributed by atoms with Gasteiger partial charge in [-0.05, 0) is 30.5 Å². The molecule has 0 aromatic heterocycles. The number of hydrogen-bond acceptors (Lipinski definition) is 4. The molecule has 2 N–H and O–H groups in total. The van der Waals surface area contributed by atoms with Crippen LogP contribution in [-0.4, -0.2) is 40.7 Å². The van der Waals surface area contributed by atoms with E-state index in [2.05, 4.69) is 22.3 Å². The molecule has 1 heterocycles. The topological polar surface area (TPSA) is 78.9 Å². The van der Waals surface area contributed by atoms with Crippen LogP contribution in [0.25, 0.3) is 0 Å². The lowest BCUT2D eigenvalue weighted by Gasteiger charge is -2.42. The fourth-order valence-electron chi connectivity index (χ4n) is 3.76. The van der Waals surface area contributed by atoms with Crippen LogP contribution in [0.2, 0.25) is 0 Å². The molecule has 0 aliphatic carbocycles. The fraction of sp³-hybridized carbons (Fsp3) is 0.364. The van der Waals surface area contributed by atoms with Crippen molar-refractivity contribution in [2.75, 3.05) is 13.1 Å². The van der Waals surface area contributed by atoms with Crippen molar-refractivity contribution >= 4 is 12.1 Å². The summed E-state index contributed by atoms with van der Waals surface area (Å²) < 4.78 is 5.33. The van der Waals surface area contributed by atoms with Gasteiger partial charge in [0, 0.05) is 13.1 Å². The van der Waals surface area contributed by atoms with Crippen molar-refractivity contribution < 1.29 is 19.4 Å². The normalized spacial score (nSPS) is 19.7. The monoisotopic (exact) mass is 382 g/mol. The Labute approximate surface area is 165 Å². The highest BCUT2D eigenvalue weighted by molar-refractivity contribution is 5.73. The first-order valence-corrected chi connectivity index (χ1v) is 9.52. The van der Waals surface area contributed by atoms with Gasteiger partial charge in [0.05, 0.1) is 12.0 Å². The molecule has 0 spiro atoms. The minimum atomic E-state index is -0.926. The number of aliphatic carboxylic acids is 1. The summed E-state index contributed by atoms with van der Waals surface area (Å²) in [5, 5.41) is 12.3. The van der Waals surface area contributed by atoms with Crippen molar-refractivity contribution in [1.82, 2.24) is 10.2 Å². The van der Waals surface area contributed by atoms with Gasteiger partial charge in [-0.15, -0.1) is 0 Å². The number of alkyl carbamates (subject to hydrolysis) is 1. The summed E-state index contributed by atoms with van der Waals surface area (Å²) in [7, 11) is 0. The molecule has 1 amide bonds. The van der Waals surface area contributed by atoms with Crippen LogP contribution in [0.5, 0.6) is 0 Å². The van der Waals surface area contributed by atoms with Gasteiger partial charge in [-0.1, -0.05) is 60.7 Å². The quantitative estimate of drug-likeness (QED) is 0.767. The second kappa shape index (κ2) is 9.37. The predicted molar refractivity (Wildman–Crippen MR) is 106 cm³/mol. The Bertz CT molecular complexity index is 782. The summed E-state index contributed by atoms with van der Waals surface area (Å²) >= 11 is 0. The molecule has 1 atom stereocenters. The van der Waals surface area contributed by atoms with Crippen LogP contribution in [0, 0.1) is 0 Å². The molecule has 0 saturated carbocycles. The van der Waals surface area contributed by atoms with Gasteiger partial charge in [0.1, 0.15) is 6.61 Å². The number of nitrogens with zero attached hydrogens (tertiary/aromatic N) is 1. The molecule has 2 aromatic carbocycles. The Morgan fingerprint density at radius 3 is 2.32 bits per heavy atom. The summed E-state index contributed by atoms with van der Waals surface area (Å²) in [6.07, 6.45) is 0.731. The lowest BCUT2D eigenvalue weighted by atomic mass is 9.85. The maximum absolute atomic E-state index is 12.4. The van der Waals surface area contributed by atoms with E-state index in [1.165, 1.54) is 5.56 Å². The van der Waals surface area contributed by atoms with Gasteiger partial charge in [-0.2, -0.15) is 0 Å². The lowest BCUT2D eigenvalue weighted by Crippen LogP contribution is -2.59. The van der Waals surface area contributed by atoms with Crippen molar-refractivity contribution in [3.63, 3.8) is 0 Å². The van der Waals surface area contributed by atoms with Crippen LogP contribution < -0.4 is 5.32 Å². The van der Waals surface area contributed by atoms with Crippen LogP contribution in [0.1, 0.15) is 30.4 Å². The average molecular weight is 382 g/mol. The van der Waals surface area contributed by atoms with Crippen molar-refractivity contribution in [1.29, 1.82) is 0 Å². The van der Waals surface area contributed by atoms with E-state index >= 15 is 0 Å². The van der Waals surface area contributed by atoms with Crippen LogP contribution in [0.4, 0.5) is 4.79 Å². The molecule has 1 saturated heterocycles. The number of benzene rings is 2. The summed E-state index contributed by atoms with van der Waals surface area (Å²) in [4.78, 5) is 26.1. The van der Waals surface area contributed by atoms with Crippen LogP contribution in [0.3, 0.4) is 0 Å². The first-order valence-electron chi connectivity index (χ1n) is 9.52. The Balaban J connectivity index is 1.63. The highest BCUT2D eigenvalue weighted by Gasteiger charge is 2.39. The molecule has 148 valence electrons. The molecule has 2 aromatic rings. The minimum Gasteiger partial charge on any atom is -0.481 e. The second-order valence-corrected chi connectivity index (χ2v) is 7.34. The third-order valence-corrected chi connectivity index (χ3v) is 4.97. The number of carbonyl (C=O) groups is 2. The van der Waals surface area contributed by atoms with E-state index in [0.717, 1.165) is 25.1 Å². The number of piperidine rings is 1. The van der Waals surface area contributed by atoms with Crippen molar-refractivity contribution in [2.24, 2.45) is 0 Å². The van der Waals surface area contributed by atoms with Gasteiger partial charge in [0.2, 0.25) is 0 Å². The SMILES string of the molecule is O=C(O)C[C@@]1(NC(=O)OCc2ccccc2)CCCN(Cc2ccccc2)C1. The number of carbonyl (C=O) groups excluding carboxylic acids is 1. The molecule has 0 bridgehead atoms. The highest BCUT2D eigenvalue weighted by Crippen LogP contribution is 2.26. The largest absolute Gasteiger partial charge is 0.481 e. The molecule has 1 aliphatic rings. The number of likely N-dealkylation sites (tertiary alicyclic amines) is 1. The van der Waals surface area contributed by atoms with Gasteiger partial charge < -0.3 is 15.2 Å². The molecule has 6 heteroatoms. The Kier molecular flexibility index (Phi) is 6.66. The zero-order valence-electron chi connectivity index (χ0n) is 15.8. The number of nitrogens with one attached hydrogen (secondary N) is 1. The van der Waals surface area contributed by atoms with E-state index in [0.29, 0.717) is 13.0 Å². The van der Waals surface area contributed by atoms with Gasteiger partial charge >= 0.3 is 12.1 Å². The molecule has 0 radical (unpaired) electrons. The average Bonchev–Trinajstić information content (AvgIpc) is 2.67. The number of rotatable bonds is 7.